The normalized spacial score (nSPS) is 12.8. The first kappa shape index (κ1) is 28.5. The second kappa shape index (κ2) is 14.6. The number of aryl methyl sites for hydroxylation is 4. The van der Waals surface area contributed by atoms with Gasteiger partial charge in [-0.2, -0.15) is 0 Å². The molecule has 2 atom stereocenters. The Morgan fingerprint density at radius 3 is 1.18 bits per heavy atom. The van der Waals surface area contributed by atoms with E-state index in [-0.39, 0.29) is 12.2 Å². The average Bonchev–Trinajstić information content (AvgIpc) is 2.89. The molecule has 0 spiro atoms. The van der Waals surface area contributed by atoms with E-state index >= 15 is 0 Å². The Morgan fingerprint density at radius 1 is 0.500 bits per heavy atom. The van der Waals surface area contributed by atoms with Crippen molar-refractivity contribution in [2.75, 3.05) is 11.5 Å². The number of ether oxygens (including phenoxy) is 2. The van der Waals surface area contributed by atoms with Crippen molar-refractivity contribution in [1.29, 1.82) is 0 Å². The first-order valence-corrected chi connectivity index (χ1v) is 15.1. The minimum Gasteiger partial charge on any atom is -0.370 e. The molecule has 198 valence electrons. The second-order valence-electron chi connectivity index (χ2n) is 9.94. The Balaban J connectivity index is 1.54. The van der Waals surface area contributed by atoms with Gasteiger partial charge in [-0.25, -0.2) is 0 Å². The number of benzene rings is 4. The van der Waals surface area contributed by atoms with Crippen LogP contribution < -0.4 is 0 Å². The smallest absolute Gasteiger partial charge is 0.0943 e. The summed E-state index contributed by atoms with van der Waals surface area (Å²) in [4.78, 5) is 2.49. The van der Waals surface area contributed by atoms with Crippen LogP contribution in [0.5, 0.6) is 0 Å². The van der Waals surface area contributed by atoms with Crippen LogP contribution in [0.3, 0.4) is 0 Å². The molecule has 0 amide bonds. The van der Waals surface area contributed by atoms with Crippen LogP contribution in [0, 0.1) is 27.7 Å². The lowest BCUT2D eigenvalue weighted by Crippen LogP contribution is -2.36. The van der Waals surface area contributed by atoms with Crippen LogP contribution in [0.4, 0.5) is 0 Å². The lowest BCUT2D eigenvalue weighted by atomic mass is 10.1. The maximum atomic E-state index is 6.69. The summed E-state index contributed by atoms with van der Waals surface area (Å²) in [6.45, 7) is 9.72. The van der Waals surface area contributed by atoms with Crippen LogP contribution in [0.25, 0.3) is 0 Å². The molecule has 4 aromatic carbocycles. The Morgan fingerprint density at radius 2 is 0.842 bits per heavy atom. The summed E-state index contributed by atoms with van der Waals surface area (Å²) >= 11 is 3.66. The van der Waals surface area contributed by atoms with Gasteiger partial charge in [0.05, 0.1) is 25.4 Å². The fourth-order valence-corrected chi connectivity index (χ4v) is 6.66. The van der Waals surface area contributed by atoms with Gasteiger partial charge in [0.2, 0.25) is 0 Å². The van der Waals surface area contributed by atoms with Gasteiger partial charge in [-0.05, 0) is 63.1 Å². The molecule has 2 nitrogen and oxygen atoms in total. The van der Waals surface area contributed by atoms with Crippen molar-refractivity contribution >= 4 is 23.5 Å². The van der Waals surface area contributed by atoms with E-state index in [0.717, 1.165) is 11.5 Å². The number of hydrogen-bond donors (Lipinski definition) is 0. The highest BCUT2D eigenvalue weighted by Crippen LogP contribution is 2.27. The maximum absolute atomic E-state index is 6.69. The quantitative estimate of drug-likeness (QED) is 0.157. The number of hydrogen-bond acceptors (Lipinski definition) is 4. The SMILES string of the molecule is Cc1cc(C)cc(CO[C@@H](CSc2ccccc2)[C@H](CSc2ccccc2)OCc2cc(C)cc(C)c2)c1. The molecule has 0 radical (unpaired) electrons. The molecule has 38 heavy (non-hydrogen) atoms. The Kier molecular flexibility index (Phi) is 11.0. The van der Waals surface area contributed by atoms with Crippen molar-refractivity contribution in [2.45, 2.75) is 62.9 Å². The van der Waals surface area contributed by atoms with Crippen molar-refractivity contribution in [3.63, 3.8) is 0 Å². The van der Waals surface area contributed by atoms with Gasteiger partial charge in [0.25, 0.3) is 0 Å². The molecule has 0 fully saturated rings. The van der Waals surface area contributed by atoms with Crippen LogP contribution in [0.1, 0.15) is 33.4 Å². The van der Waals surface area contributed by atoms with E-state index in [1.807, 2.05) is 23.5 Å². The van der Waals surface area contributed by atoms with Gasteiger partial charge < -0.3 is 9.47 Å². The van der Waals surface area contributed by atoms with E-state index < -0.39 is 0 Å². The average molecular weight is 543 g/mol. The molecule has 0 N–H and O–H groups in total. The van der Waals surface area contributed by atoms with Gasteiger partial charge in [-0.15, -0.1) is 23.5 Å². The predicted octanol–water partition coefficient (Wildman–Crippen LogP) is 8.98. The van der Waals surface area contributed by atoms with Crippen LogP contribution in [-0.4, -0.2) is 23.7 Å². The van der Waals surface area contributed by atoms with Gasteiger partial charge in [-0.1, -0.05) is 95.1 Å². The molecule has 0 bridgehead atoms. The highest BCUT2D eigenvalue weighted by Gasteiger charge is 2.25. The Hall–Kier alpha value is -2.50. The van der Waals surface area contributed by atoms with E-state index in [1.54, 1.807) is 0 Å². The highest BCUT2D eigenvalue weighted by molar-refractivity contribution is 7.99. The van der Waals surface area contributed by atoms with Crippen molar-refractivity contribution < 1.29 is 9.47 Å². The van der Waals surface area contributed by atoms with Crippen LogP contribution >= 0.6 is 23.5 Å². The molecule has 0 aromatic heterocycles. The fraction of sp³-hybridized carbons (Fsp3) is 0.294. The molecule has 0 unspecified atom stereocenters. The predicted molar refractivity (Wildman–Crippen MR) is 163 cm³/mol. The lowest BCUT2D eigenvalue weighted by molar-refractivity contribution is -0.0642. The van der Waals surface area contributed by atoms with Gasteiger partial charge in [-0.3, -0.25) is 0 Å². The summed E-state index contributed by atoms with van der Waals surface area (Å²) in [6, 6.07) is 34.4. The van der Waals surface area contributed by atoms with Gasteiger partial charge in [0.1, 0.15) is 0 Å². The maximum Gasteiger partial charge on any atom is 0.0943 e. The zero-order valence-corrected chi connectivity index (χ0v) is 24.5. The number of rotatable bonds is 13. The van der Waals surface area contributed by atoms with E-state index in [0.29, 0.717) is 13.2 Å². The molecule has 0 aliphatic carbocycles. The van der Waals surface area contributed by atoms with Crippen LogP contribution in [-0.2, 0) is 22.7 Å². The number of thioether (sulfide) groups is 2. The lowest BCUT2D eigenvalue weighted by Gasteiger charge is -2.28. The van der Waals surface area contributed by atoms with Gasteiger partial charge in [0.15, 0.2) is 0 Å². The van der Waals surface area contributed by atoms with E-state index in [4.69, 9.17) is 9.47 Å². The summed E-state index contributed by atoms with van der Waals surface area (Å²) in [6.07, 6.45) is -0.133. The van der Waals surface area contributed by atoms with Crippen molar-refractivity contribution in [3.8, 4) is 0 Å². The fourth-order valence-electron chi connectivity index (χ4n) is 4.63. The Labute approximate surface area is 237 Å². The van der Waals surface area contributed by atoms with Crippen molar-refractivity contribution in [1.82, 2.24) is 0 Å². The van der Waals surface area contributed by atoms with E-state index in [9.17, 15) is 0 Å². The van der Waals surface area contributed by atoms with E-state index in [2.05, 4.69) is 125 Å². The third-order valence-corrected chi connectivity index (χ3v) is 8.42. The monoisotopic (exact) mass is 542 g/mol. The minimum atomic E-state index is -0.0665. The minimum absolute atomic E-state index is 0.0665. The highest BCUT2D eigenvalue weighted by atomic mass is 32.2. The molecule has 0 saturated heterocycles. The summed E-state index contributed by atoms with van der Waals surface area (Å²) in [7, 11) is 0. The third-order valence-electron chi connectivity index (χ3n) is 6.22. The first-order chi connectivity index (χ1) is 18.4. The molecule has 0 saturated carbocycles. The molecular formula is C34H38O2S2. The summed E-state index contributed by atoms with van der Waals surface area (Å²) in [5.74, 6) is 1.64. The van der Waals surface area contributed by atoms with Crippen molar-refractivity contribution in [3.05, 3.63) is 130 Å². The molecule has 0 aliphatic rings. The first-order valence-electron chi connectivity index (χ1n) is 13.2. The summed E-state index contributed by atoms with van der Waals surface area (Å²) in [5.41, 5.74) is 7.48. The third kappa shape index (κ3) is 9.36. The second-order valence-corrected chi connectivity index (χ2v) is 12.1. The topological polar surface area (TPSA) is 18.5 Å². The summed E-state index contributed by atoms with van der Waals surface area (Å²) < 4.78 is 13.4. The Bertz CT molecular complexity index is 1130. The molecule has 0 aliphatic heterocycles. The zero-order valence-electron chi connectivity index (χ0n) is 22.9. The van der Waals surface area contributed by atoms with Crippen LogP contribution in [0.2, 0.25) is 0 Å². The molecule has 4 rings (SSSR count). The zero-order chi connectivity index (χ0) is 26.7. The standard InChI is InChI=1S/C34H38O2S2/c1-25-15-26(2)18-29(17-25)21-35-33(23-37-31-11-7-5-8-12-31)34(24-38-32-13-9-6-10-14-32)36-22-30-19-27(3)16-28(4)20-30/h5-20,33-34H,21-24H2,1-4H3/t33-,34-/m0/s1. The summed E-state index contributed by atoms with van der Waals surface area (Å²) in [5, 5.41) is 0. The molecule has 4 aromatic rings. The largest absolute Gasteiger partial charge is 0.370 e. The van der Waals surface area contributed by atoms with Gasteiger partial charge in [0, 0.05) is 21.3 Å². The van der Waals surface area contributed by atoms with E-state index in [1.165, 1.54) is 43.2 Å². The molecule has 4 heteroatoms. The molecule has 0 heterocycles. The van der Waals surface area contributed by atoms with Gasteiger partial charge >= 0.3 is 0 Å². The van der Waals surface area contributed by atoms with Crippen molar-refractivity contribution in [2.24, 2.45) is 0 Å². The molecular weight excluding hydrogens is 505 g/mol. The van der Waals surface area contributed by atoms with Crippen LogP contribution in [0.15, 0.2) is 107 Å².